The van der Waals surface area contributed by atoms with Crippen molar-refractivity contribution in [1.82, 2.24) is 10.2 Å². The molecule has 0 unspecified atom stereocenters. The highest BCUT2D eigenvalue weighted by Crippen LogP contribution is 2.25. The summed E-state index contributed by atoms with van der Waals surface area (Å²) in [6.45, 7) is 10.6. The summed E-state index contributed by atoms with van der Waals surface area (Å²) in [5.74, 6) is -0.112. The number of aryl methyl sites for hydroxylation is 1. The largest absolute Gasteiger partial charge is 0.354 e. The number of carbonyl (C=O) groups is 2. The Balaban J connectivity index is 2.20. The van der Waals surface area contributed by atoms with Crippen LogP contribution in [0.15, 0.2) is 46.9 Å². The van der Waals surface area contributed by atoms with Crippen LogP contribution in [0.2, 0.25) is 0 Å². The second-order valence-corrected chi connectivity index (χ2v) is 12.4. The van der Waals surface area contributed by atoms with Crippen molar-refractivity contribution in [2.24, 2.45) is 5.92 Å². The van der Waals surface area contributed by atoms with Crippen LogP contribution in [-0.4, -0.2) is 50.5 Å². The lowest BCUT2D eigenvalue weighted by molar-refractivity contribution is -0.140. The molecule has 1 atom stereocenters. The molecule has 7 nitrogen and oxygen atoms in total. The molecule has 198 valence electrons. The molecule has 2 aromatic rings. The first kappa shape index (κ1) is 29.8. The molecular formula is C27H38BrN3O4S. The molecule has 2 amide bonds. The van der Waals surface area contributed by atoms with Crippen LogP contribution in [0.3, 0.4) is 0 Å². The fraction of sp³-hybridized carbons (Fsp3) is 0.481. The fourth-order valence-corrected chi connectivity index (χ4v) is 5.32. The van der Waals surface area contributed by atoms with Gasteiger partial charge < -0.3 is 10.2 Å². The second-order valence-electron chi connectivity index (χ2n) is 9.62. The number of nitrogens with one attached hydrogen (secondary N) is 1. The van der Waals surface area contributed by atoms with Gasteiger partial charge in [-0.05, 0) is 68.0 Å². The van der Waals surface area contributed by atoms with Gasteiger partial charge in [0.25, 0.3) is 0 Å². The van der Waals surface area contributed by atoms with E-state index in [4.69, 9.17) is 0 Å². The van der Waals surface area contributed by atoms with Gasteiger partial charge in [0.05, 0.1) is 11.9 Å². The molecule has 0 aromatic heterocycles. The molecule has 0 aliphatic carbocycles. The standard InChI is InChI=1S/C27H38BrN3O4S/c1-19(2)17-29-27(33)22(5)30(18-23-11-8-12-24(28)16-23)26(32)14-9-15-31(36(6,34)35)25-13-7-10-20(3)21(25)4/h7-8,10-13,16,19,22H,9,14-15,17-18H2,1-6H3,(H,29,33)/t22-/m1/s1. The van der Waals surface area contributed by atoms with Crippen molar-refractivity contribution in [3.8, 4) is 0 Å². The van der Waals surface area contributed by atoms with Gasteiger partial charge in [-0.25, -0.2) is 8.42 Å². The summed E-state index contributed by atoms with van der Waals surface area (Å²) >= 11 is 3.46. The van der Waals surface area contributed by atoms with E-state index in [1.807, 2.05) is 64.1 Å². The SMILES string of the molecule is Cc1cccc(N(CCCC(=O)N(Cc2cccc(Br)c2)[C@H](C)C(=O)NCC(C)C)S(C)(=O)=O)c1C. The normalized spacial score (nSPS) is 12.3. The molecule has 0 aliphatic heterocycles. The van der Waals surface area contributed by atoms with E-state index < -0.39 is 16.1 Å². The number of anilines is 1. The number of halogens is 1. The highest BCUT2D eigenvalue weighted by Gasteiger charge is 2.27. The minimum absolute atomic E-state index is 0.118. The molecule has 0 spiro atoms. The quantitative estimate of drug-likeness (QED) is 0.391. The first-order valence-electron chi connectivity index (χ1n) is 12.2. The van der Waals surface area contributed by atoms with Gasteiger partial charge in [0.1, 0.15) is 6.04 Å². The van der Waals surface area contributed by atoms with Gasteiger partial charge in [0.15, 0.2) is 0 Å². The molecule has 2 aromatic carbocycles. The van der Waals surface area contributed by atoms with Crippen LogP contribution in [-0.2, 0) is 26.2 Å². The first-order valence-corrected chi connectivity index (χ1v) is 14.8. The fourth-order valence-electron chi connectivity index (χ4n) is 3.86. The molecule has 1 N–H and O–H groups in total. The molecule has 0 saturated heterocycles. The summed E-state index contributed by atoms with van der Waals surface area (Å²) in [5, 5.41) is 2.91. The van der Waals surface area contributed by atoms with Gasteiger partial charge >= 0.3 is 0 Å². The Bertz CT molecular complexity index is 1170. The van der Waals surface area contributed by atoms with Crippen LogP contribution < -0.4 is 9.62 Å². The zero-order valence-corrected chi connectivity index (χ0v) is 24.4. The number of hydrogen-bond donors (Lipinski definition) is 1. The molecule has 0 heterocycles. The lowest BCUT2D eigenvalue weighted by Gasteiger charge is -2.30. The van der Waals surface area contributed by atoms with E-state index in [0.29, 0.717) is 24.6 Å². The third kappa shape index (κ3) is 8.62. The van der Waals surface area contributed by atoms with Crippen molar-refractivity contribution in [2.45, 2.75) is 60.0 Å². The maximum Gasteiger partial charge on any atom is 0.242 e. The zero-order valence-electron chi connectivity index (χ0n) is 22.0. The summed E-state index contributed by atoms with van der Waals surface area (Å²) in [5.41, 5.74) is 3.41. The minimum atomic E-state index is -3.53. The molecule has 36 heavy (non-hydrogen) atoms. The van der Waals surface area contributed by atoms with E-state index in [-0.39, 0.29) is 31.3 Å². The summed E-state index contributed by atoms with van der Waals surface area (Å²) in [7, 11) is -3.53. The Kier molecular flexibility index (Phi) is 11.0. The van der Waals surface area contributed by atoms with Gasteiger partial charge in [-0.15, -0.1) is 0 Å². The average molecular weight is 581 g/mol. The first-order chi connectivity index (χ1) is 16.8. The number of amides is 2. The molecule has 0 radical (unpaired) electrons. The average Bonchev–Trinajstić information content (AvgIpc) is 2.79. The van der Waals surface area contributed by atoms with E-state index >= 15 is 0 Å². The van der Waals surface area contributed by atoms with Crippen molar-refractivity contribution in [1.29, 1.82) is 0 Å². The van der Waals surface area contributed by atoms with Gasteiger partial charge in [-0.2, -0.15) is 0 Å². The summed E-state index contributed by atoms with van der Waals surface area (Å²) < 4.78 is 27.4. The van der Waals surface area contributed by atoms with E-state index in [1.54, 1.807) is 17.9 Å². The predicted octanol–water partition coefficient (Wildman–Crippen LogP) is 4.80. The van der Waals surface area contributed by atoms with Crippen molar-refractivity contribution in [3.05, 3.63) is 63.6 Å². The number of sulfonamides is 1. The second kappa shape index (κ2) is 13.2. The van der Waals surface area contributed by atoms with Gasteiger partial charge in [0.2, 0.25) is 21.8 Å². The van der Waals surface area contributed by atoms with Crippen molar-refractivity contribution in [3.63, 3.8) is 0 Å². The van der Waals surface area contributed by atoms with Crippen LogP contribution in [0.1, 0.15) is 50.3 Å². The molecule has 0 aliphatic rings. The molecule has 0 fully saturated rings. The number of hydrogen-bond acceptors (Lipinski definition) is 4. The van der Waals surface area contributed by atoms with Crippen molar-refractivity contribution < 1.29 is 18.0 Å². The highest BCUT2D eigenvalue weighted by molar-refractivity contribution is 9.10. The molecule has 9 heteroatoms. The smallest absolute Gasteiger partial charge is 0.242 e. The van der Waals surface area contributed by atoms with Gasteiger partial charge in [-0.1, -0.05) is 54.0 Å². The Hall–Kier alpha value is -2.39. The topological polar surface area (TPSA) is 86.8 Å². The van der Waals surface area contributed by atoms with Crippen LogP contribution in [0.4, 0.5) is 5.69 Å². The molecular weight excluding hydrogens is 542 g/mol. The van der Waals surface area contributed by atoms with E-state index in [2.05, 4.69) is 21.2 Å². The lowest BCUT2D eigenvalue weighted by Crippen LogP contribution is -2.48. The highest BCUT2D eigenvalue weighted by atomic mass is 79.9. The van der Waals surface area contributed by atoms with Crippen LogP contribution in [0, 0.1) is 19.8 Å². The van der Waals surface area contributed by atoms with Crippen LogP contribution >= 0.6 is 15.9 Å². The van der Waals surface area contributed by atoms with E-state index in [9.17, 15) is 18.0 Å². The molecule has 0 saturated carbocycles. The summed E-state index contributed by atoms with van der Waals surface area (Å²) in [6.07, 6.45) is 1.62. The number of rotatable bonds is 12. The Morgan fingerprint density at radius 1 is 1.06 bits per heavy atom. The van der Waals surface area contributed by atoms with Crippen molar-refractivity contribution in [2.75, 3.05) is 23.7 Å². The monoisotopic (exact) mass is 579 g/mol. The Morgan fingerprint density at radius 2 is 1.72 bits per heavy atom. The molecule has 2 rings (SSSR count). The molecule has 0 bridgehead atoms. The van der Waals surface area contributed by atoms with Crippen LogP contribution in [0.25, 0.3) is 0 Å². The van der Waals surface area contributed by atoms with E-state index in [0.717, 1.165) is 21.2 Å². The maximum atomic E-state index is 13.4. The zero-order chi connectivity index (χ0) is 27.0. The number of nitrogens with zero attached hydrogens (tertiary/aromatic N) is 2. The third-order valence-corrected chi connectivity index (χ3v) is 7.76. The minimum Gasteiger partial charge on any atom is -0.354 e. The Labute approximate surface area is 224 Å². The third-order valence-electron chi connectivity index (χ3n) is 6.09. The summed E-state index contributed by atoms with van der Waals surface area (Å²) in [6, 6.07) is 12.5. The van der Waals surface area contributed by atoms with Crippen molar-refractivity contribution >= 4 is 43.5 Å². The summed E-state index contributed by atoms with van der Waals surface area (Å²) in [4.78, 5) is 27.8. The van der Waals surface area contributed by atoms with Gasteiger partial charge in [0, 0.05) is 30.5 Å². The van der Waals surface area contributed by atoms with Crippen LogP contribution in [0.5, 0.6) is 0 Å². The number of carbonyl (C=O) groups excluding carboxylic acids is 2. The van der Waals surface area contributed by atoms with E-state index in [1.165, 1.54) is 10.6 Å². The maximum absolute atomic E-state index is 13.4. The predicted molar refractivity (Wildman–Crippen MR) is 149 cm³/mol. The number of benzene rings is 2. The van der Waals surface area contributed by atoms with Gasteiger partial charge in [-0.3, -0.25) is 13.9 Å². The Morgan fingerprint density at radius 3 is 2.33 bits per heavy atom. The lowest BCUT2D eigenvalue weighted by atomic mass is 10.1.